The van der Waals surface area contributed by atoms with Crippen LogP contribution in [0.1, 0.15) is 414 Å². The van der Waals surface area contributed by atoms with Crippen molar-refractivity contribution in [1.82, 2.24) is 0 Å². The first-order valence-electron chi connectivity index (χ1n) is 59.7. The molecule has 0 spiro atoms. The monoisotopic (exact) mass is 2050 g/mol. The Bertz CT molecular complexity index is 4240. The highest BCUT2D eigenvalue weighted by molar-refractivity contribution is 5.37. The number of aryl methyl sites for hydroxylation is 1. The molecule has 8 aromatic carbocycles. The first kappa shape index (κ1) is 130. The number of benzene rings is 8. The van der Waals surface area contributed by atoms with Gasteiger partial charge in [-0.05, 0) is 326 Å². The molecule has 4 unspecified atom stereocenters. The molecule has 15 nitrogen and oxygen atoms in total. The average molecular weight is 2050 g/mol. The molecule has 4 saturated carbocycles. The Morgan fingerprint density at radius 1 is 0.223 bits per heavy atom. The van der Waals surface area contributed by atoms with Crippen LogP contribution in [0.25, 0.3) is 0 Å². The fraction of sp³-hybridized carbons (Fsp3) is 0.639. The van der Waals surface area contributed by atoms with Gasteiger partial charge in [0.15, 0.2) is 0 Å². The van der Waals surface area contributed by atoms with Gasteiger partial charge in [0.1, 0.15) is 63.2 Å². The molecule has 12 rings (SSSR count). The first-order valence-corrected chi connectivity index (χ1v) is 59.7. The van der Waals surface area contributed by atoms with Crippen molar-refractivity contribution < 1.29 is 72.5 Å². The van der Waals surface area contributed by atoms with Crippen molar-refractivity contribution in [3.63, 3.8) is 0 Å². The second-order valence-electron chi connectivity index (χ2n) is 42.1. The van der Waals surface area contributed by atoms with E-state index in [1.54, 1.807) is 0 Å². The van der Waals surface area contributed by atoms with Gasteiger partial charge < -0.3 is 72.5 Å². The highest BCUT2D eigenvalue weighted by Gasteiger charge is 2.21. The molecule has 0 aromatic heterocycles. The topological polar surface area (TPSA) is 182 Å². The third kappa shape index (κ3) is 61.2. The summed E-state index contributed by atoms with van der Waals surface area (Å²) in [6.45, 7) is 43.4. The highest BCUT2D eigenvalue weighted by atomic mass is 16.5. The van der Waals surface area contributed by atoms with Crippen molar-refractivity contribution in [2.45, 2.75) is 431 Å². The summed E-state index contributed by atoms with van der Waals surface area (Å²) in [5, 5.41) is 39.1. The summed E-state index contributed by atoms with van der Waals surface area (Å²) in [7, 11) is 0. The number of aliphatic hydroxyl groups is 4. The van der Waals surface area contributed by atoms with E-state index >= 15 is 0 Å². The van der Waals surface area contributed by atoms with E-state index in [4.69, 9.17) is 52.1 Å². The van der Waals surface area contributed by atoms with Gasteiger partial charge in [-0.15, -0.1) is 0 Å². The summed E-state index contributed by atoms with van der Waals surface area (Å²) < 4.78 is 63.9. The first-order chi connectivity index (χ1) is 72.3. The van der Waals surface area contributed by atoms with E-state index in [0.717, 1.165) is 247 Å². The van der Waals surface area contributed by atoms with Crippen LogP contribution >= 0.6 is 0 Å². The van der Waals surface area contributed by atoms with Crippen molar-refractivity contribution in [2.24, 2.45) is 47.3 Å². The summed E-state index contributed by atoms with van der Waals surface area (Å²) in [5.74, 6) is 15.9. The summed E-state index contributed by atoms with van der Waals surface area (Å²) in [4.78, 5) is 0. The van der Waals surface area contributed by atoms with Crippen molar-refractivity contribution in [3.8, 4) is 63.2 Å². The maximum Gasteiger partial charge on any atom is 0.122 e. The van der Waals surface area contributed by atoms with Gasteiger partial charge in [-0.25, -0.2) is 0 Å². The van der Waals surface area contributed by atoms with E-state index in [9.17, 15) is 20.4 Å². The van der Waals surface area contributed by atoms with Gasteiger partial charge in [0.2, 0.25) is 0 Å². The van der Waals surface area contributed by atoms with E-state index in [-0.39, 0.29) is 24.4 Å². The Hall–Kier alpha value is -8.60. The van der Waals surface area contributed by atoms with Crippen molar-refractivity contribution >= 4 is 0 Å². The van der Waals surface area contributed by atoms with E-state index in [1.165, 1.54) is 217 Å². The molecule has 15 heteroatoms. The van der Waals surface area contributed by atoms with Crippen LogP contribution in [-0.2, 0) is 25.7 Å². The fourth-order valence-corrected chi connectivity index (χ4v) is 19.0. The average Bonchev–Trinajstić information content (AvgIpc) is 1.02. The van der Waals surface area contributed by atoms with Crippen LogP contribution in [0.3, 0.4) is 0 Å². The van der Waals surface area contributed by atoms with E-state index in [1.807, 2.05) is 166 Å². The summed E-state index contributed by atoms with van der Waals surface area (Å²) in [6.07, 6.45) is 53.7. The number of hydrogen-bond acceptors (Lipinski definition) is 15. The standard InChI is InChI=1S/C18H28O2.C18H30O2.C18H28O.C17H28O2.C16H24O2.C16H26O2.C15H22O2.C15H24O2/c1-2-8-18(19)16-11-7-12-17(13-16)20-14-15-9-5-3-4-6-10-15;1-4-8-15(9-5-2)14-20-18-11-7-10-16(13-18)12-17(19)6-3;1-2-3-9-16-12-8-13-18(14-16)19-15-17-10-6-4-5-7-11-17;1-4-8-15(9-5-2)14-19-17-11-7-10-16(13-17)18-12-6-3;1-2-15(17)10-14-8-5-9-16(11-14)18-12-13-6-3-4-7-13;1-4-13(5-2)12-18-16-9-7-8-14(11-16)10-15(17)6-3;1-2-10-16-14-8-5-9-15(11-14)17-12-13-6-3-4-7-13;1-4-10-16-14-8-7-9-15(11-14)17-12-13(5-2)6-3/h7,11-13,15,18-19H,2-6,8-10,14H2,1H3;7,10-11,13,15,17,19H,4-6,8-9,12,14H2,1-3H3;8,12-14,17H,2-7,9-11,15H2,1H3;7,10-11,13,15H,4-6,8-9,12,14H2,1-3H3;5,8-9,11,13,15,17H,2-4,6-7,10,12H2,1H3;7-9,11,13,15,17H,4-6,10,12H2,1-3H3;5,8-9,11,13H,2-4,6-7,10,12H2,1H3;7-9,11,13H,4-6,10,12H2,1-3H3. The second-order valence-corrected chi connectivity index (χ2v) is 42.1. The summed E-state index contributed by atoms with van der Waals surface area (Å²) in [6, 6.07) is 64.9. The smallest absolute Gasteiger partial charge is 0.122 e. The molecule has 832 valence electrons. The lowest BCUT2D eigenvalue weighted by Crippen LogP contribution is -2.12. The molecule has 4 aliphatic rings. The number of rotatable bonds is 60. The lowest BCUT2D eigenvalue weighted by molar-refractivity contribution is 0.165. The Morgan fingerprint density at radius 3 is 0.736 bits per heavy atom. The van der Waals surface area contributed by atoms with Crippen LogP contribution in [0.15, 0.2) is 194 Å². The molecule has 0 aliphatic heterocycles. The minimum Gasteiger partial charge on any atom is -0.493 e. The Morgan fingerprint density at radius 2 is 0.459 bits per heavy atom. The van der Waals surface area contributed by atoms with E-state index < -0.39 is 0 Å². The Balaban J connectivity index is 0.000000298. The van der Waals surface area contributed by atoms with Crippen LogP contribution in [-0.4, -0.2) is 111 Å². The van der Waals surface area contributed by atoms with Crippen molar-refractivity contribution in [1.29, 1.82) is 0 Å². The van der Waals surface area contributed by atoms with Crippen LogP contribution in [0.4, 0.5) is 0 Å². The number of unbranched alkanes of at least 4 members (excludes halogenated alkanes) is 1. The minimum atomic E-state index is -0.360. The Kier molecular flexibility index (Phi) is 74.5. The number of ether oxygens (including phenoxy) is 11. The largest absolute Gasteiger partial charge is 0.493 e. The zero-order chi connectivity index (χ0) is 107. The van der Waals surface area contributed by atoms with Gasteiger partial charge in [-0.3, -0.25) is 0 Å². The molecular formula is C133H210O15. The fourth-order valence-electron chi connectivity index (χ4n) is 19.0. The molecule has 0 heterocycles. The van der Waals surface area contributed by atoms with Crippen molar-refractivity contribution in [2.75, 3.05) is 72.7 Å². The molecule has 4 aliphatic carbocycles. The minimum absolute atomic E-state index is 0.241. The molecule has 148 heavy (non-hydrogen) atoms. The van der Waals surface area contributed by atoms with Gasteiger partial charge in [0.25, 0.3) is 0 Å². The highest BCUT2D eigenvalue weighted by Crippen LogP contribution is 2.34. The lowest BCUT2D eigenvalue weighted by atomic mass is 9.99. The van der Waals surface area contributed by atoms with Crippen LogP contribution in [0, 0.1) is 47.3 Å². The summed E-state index contributed by atoms with van der Waals surface area (Å²) >= 11 is 0. The maximum absolute atomic E-state index is 10.0. The molecule has 0 saturated heterocycles. The number of hydrogen-bond donors (Lipinski definition) is 4. The third-order valence-corrected chi connectivity index (χ3v) is 28.8. The molecule has 4 N–H and O–H groups in total. The molecule has 4 fully saturated rings. The van der Waals surface area contributed by atoms with Gasteiger partial charge in [0, 0.05) is 18.2 Å². The SMILES string of the molecule is CCC(O)Cc1cccc(OCC(CC)CC)c1.CCC(O)Cc1cccc(OCC2CCCC2)c1.CCCC(CCC)COc1cccc(CC(O)CC)c1.CCCC(O)c1cccc(OCC2CCCCCC2)c1.CCCCc1cccc(OCC2CCCCCC2)c1.CCCOc1cccc(OCC(CC)CC)c1.CCCOc1cccc(OCC(CCC)CCC)c1.CCCOc1cccc(OCC2CCCC2)c1. The maximum atomic E-state index is 10.0. The predicted molar refractivity (Wildman–Crippen MR) is 622 cm³/mol. The lowest BCUT2D eigenvalue weighted by Gasteiger charge is -2.17. The van der Waals surface area contributed by atoms with Gasteiger partial charge in [-0.1, -0.05) is 331 Å². The van der Waals surface area contributed by atoms with Gasteiger partial charge in [0.05, 0.1) is 97.1 Å². The zero-order valence-electron chi connectivity index (χ0n) is 96.0. The molecule has 8 aromatic rings. The predicted octanol–water partition coefficient (Wildman–Crippen LogP) is 35.6. The molecule has 4 atom stereocenters. The van der Waals surface area contributed by atoms with Crippen LogP contribution in [0.5, 0.6) is 63.2 Å². The quantitative estimate of drug-likeness (QED) is 0.0264. The summed E-state index contributed by atoms with van der Waals surface area (Å²) in [5.41, 5.74) is 5.85. The molecule has 0 bridgehead atoms. The molecule has 0 radical (unpaired) electrons. The molecular weight excluding hydrogens is 1840 g/mol. The molecule has 0 amide bonds. The normalized spacial score (nSPS) is 14.6. The van der Waals surface area contributed by atoms with Crippen LogP contribution in [0.2, 0.25) is 0 Å². The van der Waals surface area contributed by atoms with Gasteiger partial charge in [-0.2, -0.15) is 0 Å². The van der Waals surface area contributed by atoms with E-state index in [2.05, 4.69) is 139 Å². The van der Waals surface area contributed by atoms with Crippen LogP contribution < -0.4 is 52.1 Å². The number of aliphatic hydroxyl groups excluding tert-OH is 4. The van der Waals surface area contributed by atoms with Crippen molar-refractivity contribution in [3.05, 3.63) is 222 Å². The third-order valence-electron chi connectivity index (χ3n) is 28.8. The Labute approximate surface area is 902 Å². The van der Waals surface area contributed by atoms with E-state index in [0.29, 0.717) is 42.4 Å². The zero-order valence-corrected chi connectivity index (χ0v) is 96.0. The second kappa shape index (κ2) is 84.9. The van der Waals surface area contributed by atoms with Gasteiger partial charge >= 0.3 is 0 Å².